The molecule has 1 heterocycles. The number of amides is 1. The van der Waals surface area contributed by atoms with Gasteiger partial charge in [0, 0.05) is 0 Å². The number of carboxylic acids is 1. The van der Waals surface area contributed by atoms with Crippen molar-refractivity contribution in [2.24, 2.45) is 0 Å². The van der Waals surface area contributed by atoms with Crippen molar-refractivity contribution in [3.8, 4) is 0 Å². The summed E-state index contributed by atoms with van der Waals surface area (Å²) in [4.78, 5) is 22.4. The minimum Gasteiger partial charge on any atom is -0.480 e. The Morgan fingerprint density at radius 2 is 2.35 bits per heavy atom. The Balaban J connectivity index is 2.43. The summed E-state index contributed by atoms with van der Waals surface area (Å²) in [6.45, 7) is -0.0873. The number of nitrogens with zero attached hydrogens (tertiary/aromatic N) is 4. The lowest BCUT2D eigenvalue weighted by molar-refractivity contribution is -0.142. The molecule has 0 bridgehead atoms. The van der Waals surface area contributed by atoms with Gasteiger partial charge in [-0.1, -0.05) is 0 Å². The zero-order valence-electron chi connectivity index (χ0n) is 9.24. The summed E-state index contributed by atoms with van der Waals surface area (Å²) in [6.07, 6.45) is 3.55. The Kier molecular flexibility index (Phi) is 5.40. The summed E-state index contributed by atoms with van der Waals surface area (Å²) < 4.78 is 1.23. The van der Waals surface area contributed by atoms with Crippen molar-refractivity contribution in [1.82, 2.24) is 25.5 Å². The Labute approximate surface area is 102 Å². The molecule has 2 N–H and O–H groups in total. The summed E-state index contributed by atoms with van der Waals surface area (Å²) in [5, 5.41) is 21.6. The predicted molar refractivity (Wildman–Crippen MR) is 60.4 cm³/mol. The van der Waals surface area contributed by atoms with E-state index in [2.05, 4.69) is 20.8 Å². The number of carboxylic acid groups (broad SMARTS) is 1. The Bertz CT molecular complexity index is 369. The predicted octanol–water partition coefficient (Wildman–Crippen LogP) is -1.00. The lowest BCUT2D eigenvalue weighted by Gasteiger charge is -2.13. The second-order valence-corrected chi connectivity index (χ2v) is 4.23. The molecule has 1 aromatic heterocycles. The van der Waals surface area contributed by atoms with Crippen LogP contribution in [0.2, 0.25) is 0 Å². The molecule has 9 heteroatoms. The van der Waals surface area contributed by atoms with Crippen molar-refractivity contribution >= 4 is 23.6 Å². The molecule has 0 aliphatic heterocycles. The van der Waals surface area contributed by atoms with Crippen molar-refractivity contribution in [3.63, 3.8) is 0 Å². The first kappa shape index (κ1) is 13.4. The van der Waals surface area contributed by atoms with E-state index in [1.54, 1.807) is 0 Å². The molecule has 0 radical (unpaired) electrons. The van der Waals surface area contributed by atoms with Crippen molar-refractivity contribution in [3.05, 3.63) is 6.33 Å². The maximum Gasteiger partial charge on any atom is 0.326 e. The summed E-state index contributed by atoms with van der Waals surface area (Å²) in [5.41, 5.74) is 0. The van der Waals surface area contributed by atoms with Crippen molar-refractivity contribution < 1.29 is 14.7 Å². The molecular weight excluding hydrogens is 246 g/mol. The summed E-state index contributed by atoms with van der Waals surface area (Å²) in [5.74, 6) is -0.794. The lowest BCUT2D eigenvalue weighted by Crippen LogP contribution is -2.42. The van der Waals surface area contributed by atoms with E-state index in [0.717, 1.165) is 0 Å². The van der Waals surface area contributed by atoms with Gasteiger partial charge in [0.25, 0.3) is 0 Å². The number of tetrazole rings is 1. The number of carbonyl (C=O) groups is 2. The fourth-order valence-electron chi connectivity index (χ4n) is 1.13. The smallest absolute Gasteiger partial charge is 0.326 e. The standard InChI is InChI=1S/C8H13N5O3S/c1-17-3-2-6(8(15)16)10-7(14)4-13-5-9-11-12-13/h5-6H,2-4H2,1H3,(H,10,14)(H,15,16). The van der Waals surface area contributed by atoms with E-state index in [9.17, 15) is 9.59 Å². The van der Waals surface area contributed by atoms with Crippen LogP contribution < -0.4 is 5.32 Å². The molecule has 1 rings (SSSR count). The topological polar surface area (TPSA) is 110 Å². The quantitative estimate of drug-likeness (QED) is 0.646. The van der Waals surface area contributed by atoms with Gasteiger partial charge in [0.05, 0.1) is 0 Å². The van der Waals surface area contributed by atoms with Gasteiger partial charge in [-0.25, -0.2) is 9.48 Å². The Hall–Kier alpha value is -1.64. The van der Waals surface area contributed by atoms with Gasteiger partial charge in [0.1, 0.15) is 18.9 Å². The van der Waals surface area contributed by atoms with E-state index >= 15 is 0 Å². The molecule has 0 saturated heterocycles. The van der Waals surface area contributed by atoms with Crippen LogP contribution >= 0.6 is 11.8 Å². The number of thioether (sulfide) groups is 1. The van der Waals surface area contributed by atoms with Gasteiger partial charge in [-0.3, -0.25) is 4.79 Å². The number of hydrogen-bond donors (Lipinski definition) is 2. The van der Waals surface area contributed by atoms with Crippen LogP contribution in [-0.2, 0) is 16.1 Å². The Morgan fingerprint density at radius 3 is 2.88 bits per heavy atom. The normalized spacial score (nSPS) is 12.1. The fourth-order valence-corrected chi connectivity index (χ4v) is 1.60. The van der Waals surface area contributed by atoms with Crippen LogP contribution in [0, 0.1) is 0 Å². The molecule has 94 valence electrons. The summed E-state index contributed by atoms with van der Waals surface area (Å²) in [6, 6.07) is -0.869. The third kappa shape index (κ3) is 4.81. The third-order valence-corrected chi connectivity index (χ3v) is 2.58. The number of carbonyl (C=O) groups excluding carboxylic acids is 1. The van der Waals surface area contributed by atoms with Gasteiger partial charge in [-0.15, -0.1) is 5.10 Å². The molecule has 0 fully saturated rings. The molecule has 0 spiro atoms. The first-order valence-electron chi connectivity index (χ1n) is 4.85. The highest BCUT2D eigenvalue weighted by Gasteiger charge is 2.19. The SMILES string of the molecule is CSCCC(NC(=O)Cn1cnnn1)C(=O)O. The van der Waals surface area contributed by atoms with Crippen LogP contribution in [0.25, 0.3) is 0 Å². The highest BCUT2D eigenvalue weighted by molar-refractivity contribution is 7.98. The van der Waals surface area contributed by atoms with E-state index in [1.807, 2.05) is 6.26 Å². The molecule has 17 heavy (non-hydrogen) atoms. The van der Waals surface area contributed by atoms with Crippen LogP contribution in [0.4, 0.5) is 0 Å². The minimum absolute atomic E-state index is 0.0873. The minimum atomic E-state index is -1.04. The number of nitrogens with one attached hydrogen (secondary N) is 1. The van der Waals surface area contributed by atoms with Crippen molar-refractivity contribution in [2.75, 3.05) is 12.0 Å². The first-order chi connectivity index (χ1) is 8.13. The van der Waals surface area contributed by atoms with E-state index in [0.29, 0.717) is 12.2 Å². The third-order valence-electron chi connectivity index (χ3n) is 1.94. The maximum atomic E-state index is 11.5. The second kappa shape index (κ2) is 6.84. The maximum absolute atomic E-state index is 11.5. The van der Waals surface area contributed by atoms with Crippen LogP contribution in [0.3, 0.4) is 0 Å². The largest absolute Gasteiger partial charge is 0.480 e. The van der Waals surface area contributed by atoms with Gasteiger partial charge >= 0.3 is 5.97 Å². The monoisotopic (exact) mass is 259 g/mol. The first-order valence-corrected chi connectivity index (χ1v) is 6.24. The average Bonchev–Trinajstić information content (AvgIpc) is 2.76. The van der Waals surface area contributed by atoms with Gasteiger partial charge in [0.15, 0.2) is 0 Å². The molecule has 1 aromatic rings. The summed E-state index contributed by atoms with van der Waals surface area (Å²) >= 11 is 1.53. The highest BCUT2D eigenvalue weighted by atomic mass is 32.2. The zero-order chi connectivity index (χ0) is 12.7. The van der Waals surface area contributed by atoms with Gasteiger partial charge < -0.3 is 10.4 Å². The number of hydrogen-bond acceptors (Lipinski definition) is 6. The highest BCUT2D eigenvalue weighted by Crippen LogP contribution is 2.01. The van der Waals surface area contributed by atoms with Crippen molar-refractivity contribution in [1.29, 1.82) is 0 Å². The van der Waals surface area contributed by atoms with E-state index in [4.69, 9.17) is 5.11 Å². The number of aliphatic carboxylic acids is 1. The summed E-state index contributed by atoms with van der Waals surface area (Å²) in [7, 11) is 0. The molecule has 1 amide bonds. The fraction of sp³-hybridized carbons (Fsp3) is 0.625. The van der Waals surface area contributed by atoms with E-state index in [1.165, 1.54) is 22.8 Å². The zero-order valence-corrected chi connectivity index (χ0v) is 10.1. The molecule has 0 aliphatic carbocycles. The second-order valence-electron chi connectivity index (χ2n) is 3.25. The molecular formula is C8H13N5O3S. The van der Waals surface area contributed by atoms with Gasteiger partial charge in [-0.2, -0.15) is 11.8 Å². The van der Waals surface area contributed by atoms with Crippen LogP contribution in [-0.4, -0.2) is 55.2 Å². The van der Waals surface area contributed by atoms with Crippen molar-refractivity contribution in [2.45, 2.75) is 19.0 Å². The molecule has 1 unspecified atom stereocenters. The number of rotatable bonds is 7. The molecule has 0 saturated carbocycles. The molecule has 0 aliphatic rings. The Morgan fingerprint density at radius 1 is 1.59 bits per heavy atom. The van der Waals surface area contributed by atoms with Gasteiger partial charge in [-0.05, 0) is 28.9 Å². The van der Waals surface area contributed by atoms with E-state index in [-0.39, 0.29) is 6.54 Å². The molecule has 8 nitrogen and oxygen atoms in total. The lowest BCUT2D eigenvalue weighted by atomic mass is 10.2. The molecule has 0 aromatic carbocycles. The van der Waals surface area contributed by atoms with Gasteiger partial charge in [0.2, 0.25) is 5.91 Å². The van der Waals surface area contributed by atoms with Crippen LogP contribution in [0.15, 0.2) is 6.33 Å². The van der Waals surface area contributed by atoms with E-state index < -0.39 is 17.9 Å². The molecule has 1 atom stereocenters. The van der Waals surface area contributed by atoms with Crippen LogP contribution in [0.5, 0.6) is 0 Å². The average molecular weight is 259 g/mol. The number of aromatic nitrogens is 4. The van der Waals surface area contributed by atoms with Crippen LogP contribution in [0.1, 0.15) is 6.42 Å².